The molecule has 0 bridgehead atoms. The van der Waals surface area contributed by atoms with Crippen LogP contribution in [0.2, 0.25) is 0 Å². The summed E-state index contributed by atoms with van der Waals surface area (Å²) < 4.78 is 27.1. The van der Waals surface area contributed by atoms with Gasteiger partial charge in [0.15, 0.2) is 0 Å². The first-order valence-corrected chi connectivity index (χ1v) is 15.1. The van der Waals surface area contributed by atoms with Gasteiger partial charge < -0.3 is 10.2 Å². The summed E-state index contributed by atoms with van der Waals surface area (Å²) in [6.07, 6.45) is 6.74. The number of halogens is 1. The maximum Gasteiger partial charge on any atom is 0.244 e. The number of carbonyl (C=O) groups excluding carboxylic acids is 2. The Morgan fingerprint density at radius 3 is 2.39 bits per heavy atom. The molecule has 0 saturated heterocycles. The first kappa shape index (κ1) is 28.2. The summed E-state index contributed by atoms with van der Waals surface area (Å²) in [6.45, 7) is 3.66. The first-order chi connectivity index (χ1) is 17.1. The van der Waals surface area contributed by atoms with Crippen LogP contribution in [-0.4, -0.2) is 50.0 Å². The fourth-order valence-electron chi connectivity index (χ4n) is 4.72. The number of aryl methyl sites for hydroxylation is 1. The van der Waals surface area contributed by atoms with Crippen molar-refractivity contribution in [1.82, 2.24) is 10.2 Å². The Bertz CT molecular complexity index is 1170. The van der Waals surface area contributed by atoms with Gasteiger partial charge in [-0.05, 0) is 59.8 Å². The number of hydrogen-bond donors (Lipinski definition) is 1. The van der Waals surface area contributed by atoms with Gasteiger partial charge >= 0.3 is 0 Å². The van der Waals surface area contributed by atoms with Gasteiger partial charge in [0.1, 0.15) is 12.6 Å². The van der Waals surface area contributed by atoms with Gasteiger partial charge in [-0.25, -0.2) is 8.42 Å². The lowest BCUT2D eigenvalue weighted by atomic mass is 9.95. The molecule has 196 valence electrons. The molecule has 0 aromatic heterocycles. The highest BCUT2D eigenvalue weighted by atomic mass is 79.9. The standard InChI is InChI=1S/C27H36BrN3O4S/c1-4-24(27(33)29-22-13-6-5-7-14-22)30(18-21-12-10-11-20(2)17-21)26(32)19-31(36(3,34)35)25-16-9-8-15-23(25)28/h8-12,15-17,22,24H,4-7,13-14,18-19H2,1-3H3,(H,29,33)/t24-/m0/s1. The van der Waals surface area contributed by atoms with Crippen molar-refractivity contribution in [1.29, 1.82) is 0 Å². The molecule has 36 heavy (non-hydrogen) atoms. The molecule has 1 fully saturated rings. The second-order valence-electron chi connectivity index (χ2n) is 9.50. The van der Waals surface area contributed by atoms with Crippen molar-refractivity contribution >= 4 is 43.5 Å². The monoisotopic (exact) mass is 577 g/mol. The van der Waals surface area contributed by atoms with E-state index in [-0.39, 0.29) is 18.5 Å². The lowest BCUT2D eigenvalue weighted by Gasteiger charge is -2.34. The lowest BCUT2D eigenvalue weighted by molar-refractivity contribution is -0.140. The quantitative estimate of drug-likeness (QED) is 0.440. The SMILES string of the molecule is CC[C@@H](C(=O)NC1CCCCC1)N(Cc1cccc(C)c1)C(=O)CN(c1ccccc1Br)S(C)(=O)=O. The van der Waals surface area contributed by atoms with Crippen LogP contribution < -0.4 is 9.62 Å². The highest BCUT2D eigenvalue weighted by molar-refractivity contribution is 9.10. The molecule has 1 aliphatic carbocycles. The summed E-state index contributed by atoms with van der Waals surface area (Å²) >= 11 is 3.40. The number of carbonyl (C=O) groups is 2. The molecule has 9 heteroatoms. The van der Waals surface area contributed by atoms with Crippen molar-refractivity contribution in [3.8, 4) is 0 Å². The Kier molecular flexibility index (Phi) is 9.96. The van der Waals surface area contributed by atoms with Crippen LogP contribution in [0.3, 0.4) is 0 Å². The summed E-state index contributed by atoms with van der Waals surface area (Å²) in [5.74, 6) is -0.611. The first-order valence-electron chi connectivity index (χ1n) is 12.5. The summed E-state index contributed by atoms with van der Waals surface area (Å²) in [4.78, 5) is 28.7. The normalized spacial score (nSPS) is 15.2. The van der Waals surface area contributed by atoms with E-state index in [9.17, 15) is 18.0 Å². The van der Waals surface area contributed by atoms with Gasteiger partial charge in [-0.3, -0.25) is 13.9 Å². The highest BCUT2D eigenvalue weighted by Gasteiger charge is 2.33. The minimum absolute atomic E-state index is 0.115. The minimum Gasteiger partial charge on any atom is -0.352 e. The Morgan fingerprint density at radius 2 is 1.78 bits per heavy atom. The Hall–Kier alpha value is -2.39. The highest BCUT2D eigenvalue weighted by Crippen LogP contribution is 2.28. The number of rotatable bonds is 10. The maximum absolute atomic E-state index is 13.8. The van der Waals surface area contributed by atoms with Crippen LogP contribution in [0, 0.1) is 6.92 Å². The number of para-hydroxylation sites is 1. The van der Waals surface area contributed by atoms with Crippen molar-refractivity contribution in [2.45, 2.75) is 71.0 Å². The van der Waals surface area contributed by atoms with E-state index in [0.717, 1.165) is 47.4 Å². The van der Waals surface area contributed by atoms with Gasteiger partial charge in [-0.2, -0.15) is 0 Å². The van der Waals surface area contributed by atoms with E-state index in [0.29, 0.717) is 16.6 Å². The van der Waals surface area contributed by atoms with E-state index in [1.807, 2.05) is 38.1 Å². The van der Waals surface area contributed by atoms with Crippen molar-refractivity contribution in [2.24, 2.45) is 0 Å². The zero-order chi connectivity index (χ0) is 26.3. The van der Waals surface area contributed by atoms with Crippen LogP contribution in [0.15, 0.2) is 53.0 Å². The van der Waals surface area contributed by atoms with E-state index >= 15 is 0 Å². The molecule has 1 N–H and O–H groups in total. The van der Waals surface area contributed by atoms with E-state index in [2.05, 4.69) is 21.2 Å². The molecule has 7 nitrogen and oxygen atoms in total. The second-order valence-corrected chi connectivity index (χ2v) is 12.3. The number of anilines is 1. The number of sulfonamides is 1. The summed E-state index contributed by atoms with van der Waals surface area (Å²) in [5, 5.41) is 3.15. The Balaban J connectivity index is 1.92. The number of amides is 2. The van der Waals surface area contributed by atoms with Crippen molar-refractivity contribution in [2.75, 3.05) is 17.1 Å². The average molecular weight is 579 g/mol. The van der Waals surface area contributed by atoms with Crippen LogP contribution in [0.5, 0.6) is 0 Å². The number of nitrogens with one attached hydrogen (secondary N) is 1. The molecule has 0 spiro atoms. The van der Waals surface area contributed by atoms with Gasteiger partial charge in [0.2, 0.25) is 21.8 Å². The molecule has 0 unspecified atom stereocenters. The second kappa shape index (κ2) is 12.7. The predicted octanol–water partition coefficient (Wildman–Crippen LogP) is 4.78. The van der Waals surface area contributed by atoms with E-state index in [1.165, 1.54) is 11.3 Å². The zero-order valence-electron chi connectivity index (χ0n) is 21.2. The number of hydrogen-bond acceptors (Lipinski definition) is 4. The van der Waals surface area contributed by atoms with Crippen LogP contribution >= 0.6 is 15.9 Å². The van der Waals surface area contributed by atoms with Gasteiger partial charge in [-0.15, -0.1) is 0 Å². The topological polar surface area (TPSA) is 86.8 Å². The van der Waals surface area contributed by atoms with Crippen molar-refractivity contribution in [3.63, 3.8) is 0 Å². The van der Waals surface area contributed by atoms with Crippen LogP contribution in [0.4, 0.5) is 5.69 Å². The van der Waals surface area contributed by atoms with Crippen LogP contribution in [-0.2, 0) is 26.2 Å². The van der Waals surface area contributed by atoms with E-state index < -0.39 is 28.5 Å². The molecular formula is C27H36BrN3O4S. The predicted molar refractivity (Wildman–Crippen MR) is 147 cm³/mol. The molecule has 3 rings (SSSR count). The zero-order valence-corrected chi connectivity index (χ0v) is 23.6. The van der Waals surface area contributed by atoms with E-state index in [1.54, 1.807) is 24.3 Å². The van der Waals surface area contributed by atoms with Gasteiger partial charge in [0.05, 0.1) is 11.9 Å². The molecule has 2 amide bonds. The van der Waals surface area contributed by atoms with Gasteiger partial charge in [0.25, 0.3) is 0 Å². The summed E-state index contributed by atoms with van der Waals surface area (Å²) in [6, 6.07) is 14.1. The third-order valence-electron chi connectivity index (χ3n) is 6.57. The summed E-state index contributed by atoms with van der Waals surface area (Å²) in [5.41, 5.74) is 2.31. The third kappa shape index (κ3) is 7.56. The number of nitrogens with zero attached hydrogens (tertiary/aromatic N) is 2. The molecule has 1 saturated carbocycles. The van der Waals surface area contributed by atoms with Crippen LogP contribution in [0.1, 0.15) is 56.6 Å². The van der Waals surface area contributed by atoms with Gasteiger partial charge in [0, 0.05) is 17.1 Å². The van der Waals surface area contributed by atoms with Crippen molar-refractivity contribution in [3.05, 3.63) is 64.1 Å². The summed E-state index contributed by atoms with van der Waals surface area (Å²) in [7, 11) is -3.77. The maximum atomic E-state index is 13.8. The minimum atomic E-state index is -3.77. The molecule has 0 aliphatic heterocycles. The largest absolute Gasteiger partial charge is 0.352 e. The van der Waals surface area contributed by atoms with Crippen molar-refractivity contribution < 1.29 is 18.0 Å². The average Bonchev–Trinajstić information content (AvgIpc) is 2.83. The molecule has 1 aliphatic rings. The molecule has 2 aromatic rings. The fourth-order valence-corrected chi connectivity index (χ4v) is 6.20. The molecule has 0 heterocycles. The Morgan fingerprint density at radius 1 is 1.08 bits per heavy atom. The third-order valence-corrected chi connectivity index (χ3v) is 8.37. The molecular weight excluding hydrogens is 542 g/mol. The lowest BCUT2D eigenvalue weighted by Crippen LogP contribution is -2.54. The van der Waals surface area contributed by atoms with Gasteiger partial charge in [-0.1, -0.05) is 68.1 Å². The fraction of sp³-hybridized carbons (Fsp3) is 0.481. The molecule has 0 radical (unpaired) electrons. The van der Waals surface area contributed by atoms with E-state index in [4.69, 9.17) is 0 Å². The Labute approximate surface area is 223 Å². The molecule has 1 atom stereocenters. The van der Waals surface area contributed by atoms with Crippen LogP contribution in [0.25, 0.3) is 0 Å². The molecule has 2 aromatic carbocycles. The number of benzene rings is 2. The smallest absolute Gasteiger partial charge is 0.244 e.